The number of aromatic nitrogens is 2. The molecule has 1 heterocycles. The van der Waals surface area contributed by atoms with Crippen molar-refractivity contribution in [1.82, 2.24) is 20.2 Å². The van der Waals surface area contributed by atoms with Crippen LogP contribution in [0.1, 0.15) is 63.7 Å². The van der Waals surface area contributed by atoms with Gasteiger partial charge in [0.2, 0.25) is 21.8 Å². The molecule has 1 unspecified atom stereocenters. The highest BCUT2D eigenvalue weighted by molar-refractivity contribution is 7.89. The monoisotopic (exact) mass is 436 g/mol. The lowest BCUT2D eigenvalue weighted by Gasteiger charge is -2.18. The molecule has 1 amide bonds. The van der Waals surface area contributed by atoms with Crippen LogP contribution in [-0.4, -0.2) is 37.6 Å². The Kier molecular flexibility index (Phi) is 7.09. The van der Waals surface area contributed by atoms with Gasteiger partial charge in [-0.3, -0.25) is 4.79 Å². The van der Waals surface area contributed by atoms with E-state index in [0.29, 0.717) is 30.0 Å². The highest BCUT2D eigenvalue weighted by Crippen LogP contribution is 2.38. The average molecular weight is 437 g/mol. The van der Waals surface area contributed by atoms with Crippen molar-refractivity contribution in [3.8, 4) is 5.75 Å². The van der Waals surface area contributed by atoms with Gasteiger partial charge in [-0.05, 0) is 49.9 Å². The first kappa shape index (κ1) is 22.2. The minimum Gasteiger partial charge on any atom is -0.494 e. The molecule has 0 radical (unpaired) electrons. The van der Waals surface area contributed by atoms with Crippen LogP contribution in [0.5, 0.6) is 5.75 Å². The summed E-state index contributed by atoms with van der Waals surface area (Å²) in [6.07, 6.45) is 2.11. The maximum atomic E-state index is 12.4. The highest BCUT2D eigenvalue weighted by atomic mass is 32.2. The van der Waals surface area contributed by atoms with Crippen LogP contribution >= 0.6 is 0 Å². The maximum absolute atomic E-state index is 12.4. The first-order valence-electron chi connectivity index (χ1n) is 10.2. The van der Waals surface area contributed by atoms with E-state index < -0.39 is 16.1 Å². The van der Waals surface area contributed by atoms with Gasteiger partial charge in [0.25, 0.3) is 0 Å². The molecule has 1 aliphatic carbocycles. The third-order valence-electron chi connectivity index (χ3n) is 4.74. The van der Waals surface area contributed by atoms with Gasteiger partial charge in [0.1, 0.15) is 11.8 Å². The van der Waals surface area contributed by atoms with Gasteiger partial charge in [0.15, 0.2) is 5.82 Å². The third kappa shape index (κ3) is 5.79. The molecule has 0 spiro atoms. The van der Waals surface area contributed by atoms with Gasteiger partial charge in [0.05, 0.1) is 11.5 Å². The number of carbonyl (C=O) groups excluding carboxylic acids is 1. The van der Waals surface area contributed by atoms with Crippen LogP contribution in [-0.2, 0) is 14.8 Å². The predicted molar refractivity (Wildman–Crippen MR) is 109 cm³/mol. The quantitative estimate of drug-likeness (QED) is 0.555. The molecule has 0 aliphatic heterocycles. The van der Waals surface area contributed by atoms with Crippen molar-refractivity contribution in [2.75, 3.05) is 13.2 Å². The number of hydrogen-bond acceptors (Lipinski definition) is 7. The lowest BCUT2D eigenvalue weighted by molar-refractivity contribution is -0.122. The van der Waals surface area contributed by atoms with Crippen molar-refractivity contribution in [2.45, 2.75) is 56.9 Å². The van der Waals surface area contributed by atoms with Crippen LogP contribution in [0.2, 0.25) is 0 Å². The zero-order chi connectivity index (χ0) is 21.7. The molecule has 2 N–H and O–H groups in total. The Morgan fingerprint density at radius 1 is 1.27 bits per heavy atom. The second kappa shape index (κ2) is 9.57. The Morgan fingerprint density at radius 3 is 2.57 bits per heavy atom. The molecule has 1 saturated carbocycles. The van der Waals surface area contributed by atoms with E-state index in [-0.39, 0.29) is 29.7 Å². The summed E-state index contributed by atoms with van der Waals surface area (Å²) < 4.78 is 37.9. The summed E-state index contributed by atoms with van der Waals surface area (Å²) in [5, 5.41) is 6.86. The zero-order valence-electron chi connectivity index (χ0n) is 17.4. The first-order valence-corrected chi connectivity index (χ1v) is 11.6. The smallest absolute Gasteiger partial charge is 0.249 e. The van der Waals surface area contributed by atoms with Crippen LogP contribution in [0.15, 0.2) is 33.7 Å². The lowest BCUT2D eigenvalue weighted by atomic mass is 10.0. The summed E-state index contributed by atoms with van der Waals surface area (Å²) in [5.41, 5.74) is 0. The minimum atomic E-state index is -3.71. The van der Waals surface area contributed by atoms with E-state index in [1.165, 1.54) is 12.1 Å². The van der Waals surface area contributed by atoms with Gasteiger partial charge in [-0.1, -0.05) is 19.0 Å². The van der Waals surface area contributed by atoms with Gasteiger partial charge < -0.3 is 14.6 Å². The van der Waals surface area contributed by atoms with E-state index in [1.54, 1.807) is 12.1 Å². The SMILES string of the molecule is CCOc1ccc(S(=O)(=O)NCCC(=O)NC(c2nc(C3CC3)no2)C(C)C)cc1. The Morgan fingerprint density at radius 2 is 1.97 bits per heavy atom. The number of amides is 1. The summed E-state index contributed by atoms with van der Waals surface area (Å²) in [7, 11) is -3.71. The van der Waals surface area contributed by atoms with Crippen LogP contribution in [0.3, 0.4) is 0 Å². The number of nitrogens with zero attached hydrogens (tertiary/aromatic N) is 2. The van der Waals surface area contributed by atoms with E-state index >= 15 is 0 Å². The van der Waals surface area contributed by atoms with Crippen molar-refractivity contribution in [1.29, 1.82) is 0 Å². The summed E-state index contributed by atoms with van der Waals surface area (Å²) in [6.45, 7) is 6.22. The molecule has 10 heteroatoms. The fourth-order valence-corrected chi connectivity index (χ4v) is 3.94. The fraction of sp³-hybridized carbons (Fsp3) is 0.550. The van der Waals surface area contributed by atoms with Crippen LogP contribution < -0.4 is 14.8 Å². The number of hydrogen-bond donors (Lipinski definition) is 2. The number of sulfonamides is 1. The average Bonchev–Trinajstić information content (AvgIpc) is 3.44. The molecule has 1 aromatic heterocycles. The third-order valence-corrected chi connectivity index (χ3v) is 6.22. The molecule has 3 rings (SSSR count). The Hall–Kier alpha value is -2.46. The number of nitrogens with one attached hydrogen (secondary N) is 2. The van der Waals surface area contributed by atoms with E-state index in [1.807, 2.05) is 20.8 Å². The summed E-state index contributed by atoms with van der Waals surface area (Å²) in [6, 6.07) is 5.71. The van der Waals surface area contributed by atoms with Crippen molar-refractivity contribution < 1.29 is 22.5 Å². The number of ether oxygens (including phenoxy) is 1. The standard InChI is InChI=1S/C20H28N4O5S/c1-4-28-15-7-9-16(10-8-15)30(26,27)21-12-11-17(25)22-18(13(2)3)20-23-19(24-29-20)14-5-6-14/h7-10,13-14,18,21H,4-6,11-12H2,1-3H3,(H,22,25). The van der Waals surface area contributed by atoms with Gasteiger partial charge in [-0.15, -0.1) is 0 Å². The number of rotatable bonds is 11. The Bertz CT molecular complexity index is 952. The molecule has 9 nitrogen and oxygen atoms in total. The minimum absolute atomic E-state index is 0.0108. The van der Waals surface area contributed by atoms with E-state index in [2.05, 4.69) is 20.2 Å². The molecule has 1 atom stereocenters. The molecule has 2 aromatic rings. The summed E-state index contributed by atoms with van der Waals surface area (Å²) in [4.78, 5) is 16.9. The van der Waals surface area contributed by atoms with Gasteiger partial charge >= 0.3 is 0 Å². The molecular formula is C20H28N4O5S. The summed E-state index contributed by atoms with van der Waals surface area (Å²) in [5.74, 6) is 1.78. The molecule has 1 aliphatic rings. The summed E-state index contributed by atoms with van der Waals surface area (Å²) >= 11 is 0. The number of carbonyl (C=O) groups is 1. The van der Waals surface area contributed by atoms with E-state index in [0.717, 1.165) is 12.8 Å². The first-order chi connectivity index (χ1) is 14.3. The zero-order valence-corrected chi connectivity index (χ0v) is 18.2. The highest BCUT2D eigenvalue weighted by Gasteiger charge is 2.31. The van der Waals surface area contributed by atoms with Crippen LogP contribution in [0.25, 0.3) is 0 Å². The fourth-order valence-electron chi connectivity index (χ4n) is 2.90. The van der Waals surface area contributed by atoms with Gasteiger partial charge in [-0.25, -0.2) is 13.1 Å². The van der Waals surface area contributed by atoms with Crippen molar-refractivity contribution >= 4 is 15.9 Å². The van der Waals surface area contributed by atoms with Crippen molar-refractivity contribution in [3.05, 3.63) is 36.0 Å². The Balaban J connectivity index is 1.52. The van der Waals surface area contributed by atoms with Crippen molar-refractivity contribution in [3.63, 3.8) is 0 Å². The van der Waals surface area contributed by atoms with Gasteiger partial charge in [-0.2, -0.15) is 4.98 Å². The molecule has 1 fully saturated rings. The second-order valence-electron chi connectivity index (χ2n) is 7.61. The maximum Gasteiger partial charge on any atom is 0.249 e. The molecule has 0 saturated heterocycles. The predicted octanol–water partition coefficient (Wildman–Crippen LogP) is 2.53. The lowest BCUT2D eigenvalue weighted by Crippen LogP contribution is -2.35. The molecule has 0 bridgehead atoms. The van der Waals surface area contributed by atoms with Gasteiger partial charge in [0, 0.05) is 18.9 Å². The van der Waals surface area contributed by atoms with Crippen LogP contribution in [0.4, 0.5) is 0 Å². The topological polar surface area (TPSA) is 123 Å². The normalized spacial score (nSPS) is 15.2. The molecule has 30 heavy (non-hydrogen) atoms. The Labute approximate surface area is 176 Å². The van der Waals surface area contributed by atoms with E-state index in [9.17, 15) is 13.2 Å². The van der Waals surface area contributed by atoms with Crippen molar-refractivity contribution in [2.24, 2.45) is 5.92 Å². The van der Waals surface area contributed by atoms with Crippen LogP contribution in [0, 0.1) is 5.92 Å². The molecular weight excluding hydrogens is 408 g/mol. The molecule has 1 aromatic carbocycles. The largest absolute Gasteiger partial charge is 0.494 e. The second-order valence-corrected chi connectivity index (χ2v) is 9.37. The molecule has 164 valence electrons. The number of benzene rings is 1. The van der Waals surface area contributed by atoms with E-state index in [4.69, 9.17) is 9.26 Å².